The largest absolute Gasteiger partial charge is 0.351 e. The number of unbranched alkanes of at least 4 members (excludes halogenated alkanes) is 3. The summed E-state index contributed by atoms with van der Waals surface area (Å²) in [4.78, 5) is 23.3. The molecule has 2 N–H and O–H groups in total. The number of thioether (sulfide) groups is 1. The van der Waals surface area contributed by atoms with E-state index in [1.54, 1.807) is 11.6 Å². The molecule has 0 radical (unpaired) electrons. The van der Waals surface area contributed by atoms with Crippen molar-refractivity contribution in [2.45, 2.75) is 45.4 Å². The maximum atomic E-state index is 12.4. The van der Waals surface area contributed by atoms with Crippen LogP contribution in [-0.4, -0.2) is 43.3 Å². The molecular formula is C18H25N5O2S. The maximum absolute atomic E-state index is 12.4. The average molecular weight is 375 g/mol. The van der Waals surface area contributed by atoms with E-state index in [-0.39, 0.29) is 11.0 Å². The third kappa shape index (κ3) is 4.35. The Bertz CT molecular complexity index is 796. The van der Waals surface area contributed by atoms with Gasteiger partial charge < -0.3 is 5.32 Å². The van der Waals surface area contributed by atoms with Crippen molar-refractivity contribution >= 4 is 22.8 Å². The second kappa shape index (κ2) is 8.53. The van der Waals surface area contributed by atoms with Crippen LogP contribution < -0.4 is 5.32 Å². The summed E-state index contributed by atoms with van der Waals surface area (Å²) in [6.45, 7) is 2.25. The summed E-state index contributed by atoms with van der Waals surface area (Å²) in [6, 6.07) is 0. The summed E-state index contributed by atoms with van der Waals surface area (Å²) in [5, 5.41) is 14.9. The van der Waals surface area contributed by atoms with Crippen molar-refractivity contribution in [3.05, 3.63) is 23.1 Å². The van der Waals surface area contributed by atoms with Crippen molar-refractivity contribution in [2.24, 2.45) is 7.05 Å². The van der Waals surface area contributed by atoms with Gasteiger partial charge in [-0.3, -0.25) is 19.4 Å². The molecular weight excluding hydrogens is 350 g/mol. The van der Waals surface area contributed by atoms with Crippen LogP contribution in [0.15, 0.2) is 6.20 Å². The monoisotopic (exact) mass is 375 g/mol. The highest BCUT2D eigenvalue weighted by molar-refractivity contribution is 8.13. The molecule has 0 unspecified atom stereocenters. The summed E-state index contributed by atoms with van der Waals surface area (Å²) < 4.78 is 1.80. The summed E-state index contributed by atoms with van der Waals surface area (Å²) in [5.41, 5.74) is 4.52. The van der Waals surface area contributed by atoms with Crippen LogP contribution in [0.5, 0.6) is 0 Å². The van der Waals surface area contributed by atoms with Crippen molar-refractivity contribution in [3.63, 3.8) is 0 Å². The lowest BCUT2D eigenvalue weighted by Gasteiger charge is -2.11. The highest BCUT2D eigenvalue weighted by Gasteiger charge is 2.26. The van der Waals surface area contributed by atoms with Crippen LogP contribution in [0.3, 0.4) is 0 Å². The molecule has 26 heavy (non-hydrogen) atoms. The van der Waals surface area contributed by atoms with E-state index in [0.29, 0.717) is 12.2 Å². The molecule has 2 aromatic rings. The van der Waals surface area contributed by atoms with Gasteiger partial charge in [0.25, 0.3) is 5.91 Å². The Kier molecular flexibility index (Phi) is 6.13. The summed E-state index contributed by atoms with van der Waals surface area (Å²) in [7, 11) is 1.90. The fourth-order valence-corrected chi connectivity index (χ4v) is 3.91. The Labute approximate surface area is 157 Å². The van der Waals surface area contributed by atoms with E-state index in [4.69, 9.17) is 0 Å². The molecule has 140 valence electrons. The smallest absolute Gasteiger partial charge is 0.272 e. The van der Waals surface area contributed by atoms with E-state index in [9.17, 15) is 9.59 Å². The quantitative estimate of drug-likeness (QED) is 0.692. The van der Waals surface area contributed by atoms with E-state index in [1.165, 1.54) is 11.8 Å². The molecule has 0 atom stereocenters. The van der Waals surface area contributed by atoms with E-state index in [2.05, 4.69) is 20.6 Å². The van der Waals surface area contributed by atoms with Crippen molar-refractivity contribution < 1.29 is 9.59 Å². The lowest BCUT2D eigenvalue weighted by Crippen LogP contribution is -2.26. The van der Waals surface area contributed by atoms with Gasteiger partial charge in [-0.25, -0.2) is 0 Å². The van der Waals surface area contributed by atoms with Gasteiger partial charge in [0.05, 0.1) is 11.4 Å². The van der Waals surface area contributed by atoms with E-state index >= 15 is 0 Å². The Morgan fingerprint density at radius 1 is 1.27 bits per heavy atom. The first-order valence-corrected chi connectivity index (χ1v) is 10.1. The predicted octanol–water partition coefficient (Wildman–Crippen LogP) is 2.48. The molecule has 0 saturated heterocycles. The van der Waals surface area contributed by atoms with E-state index in [0.717, 1.165) is 66.8 Å². The first-order chi connectivity index (χ1) is 12.6. The van der Waals surface area contributed by atoms with Crippen LogP contribution in [-0.2, 0) is 24.7 Å². The third-order valence-corrected chi connectivity index (χ3v) is 5.43. The second-order valence-corrected chi connectivity index (χ2v) is 7.87. The SMILES string of the molecule is CC(=O)SCCCCCCNC(=O)c1n[nH]c2c1CCc1nn(C)cc1-2. The molecule has 7 nitrogen and oxygen atoms in total. The predicted molar refractivity (Wildman–Crippen MR) is 102 cm³/mol. The van der Waals surface area contributed by atoms with Gasteiger partial charge in [0.1, 0.15) is 0 Å². The Balaban J connectivity index is 1.45. The number of hydrogen-bond donors (Lipinski definition) is 2. The maximum Gasteiger partial charge on any atom is 0.272 e. The van der Waals surface area contributed by atoms with Crippen LogP contribution >= 0.6 is 11.8 Å². The van der Waals surface area contributed by atoms with E-state index < -0.39 is 0 Å². The van der Waals surface area contributed by atoms with Crippen LogP contribution in [0.4, 0.5) is 0 Å². The molecule has 0 fully saturated rings. The number of fused-ring (bicyclic) bond motifs is 3. The highest BCUT2D eigenvalue weighted by Crippen LogP contribution is 2.32. The molecule has 0 saturated carbocycles. The van der Waals surface area contributed by atoms with Gasteiger partial charge >= 0.3 is 0 Å². The number of aromatic amines is 1. The number of nitrogens with one attached hydrogen (secondary N) is 2. The van der Waals surface area contributed by atoms with Crippen molar-refractivity contribution in [1.29, 1.82) is 0 Å². The van der Waals surface area contributed by atoms with Crippen LogP contribution in [0.1, 0.15) is 54.4 Å². The van der Waals surface area contributed by atoms with Crippen LogP contribution in [0, 0.1) is 0 Å². The molecule has 1 aliphatic rings. The number of aromatic nitrogens is 4. The molecule has 1 amide bonds. The minimum Gasteiger partial charge on any atom is -0.351 e. The van der Waals surface area contributed by atoms with E-state index in [1.807, 2.05) is 13.2 Å². The molecule has 2 heterocycles. The first-order valence-electron chi connectivity index (χ1n) is 9.08. The van der Waals surface area contributed by atoms with Gasteiger partial charge in [-0.1, -0.05) is 24.6 Å². The lowest BCUT2D eigenvalue weighted by atomic mass is 9.94. The number of rotatable bonds is 8. The minimum absolute atomic E-state index is 0.109. The lowest BCUT2D eigenvalue weighted by molar-refractivity contribution is -0.109. The highest BCUT2D eigenvalue weighted by atomic mass is 32.2. The standard InChI is InChI=1S/C18H25N5O2S/c1-12(24)26-10-6-4-3-5-9-19-18(25)17-13-7-8-15-14(11-23(2)22-15)16(13)20-21-17/h11H,3-10H2,1-2H3,(H,19,25)(H,20,21). The Morgan fingerprint density at radius 3 is 2.88 bits per heavy atom. The zero-order chi connectivity index (χ0) is 18.5. The zero-order valence-corrected chi connectivity index (χ0v) is 16.1. The number of aryl methyl sites for hydroxylation is 2. The van der Waals surface area contributed by atoms with Crippen molar-refractivity contribution in [2.75, 3.05) is 12.3 Å². The van der Waals surface area contributed by atoms with Crippen LogP contribution in [0.2, 0.25) is 0 Å². The number of H-pyrrole nitrogens is 1. The molecule has 8 heteroatoms. The summed E-state index contributed by atoms with van der Waals surface area (Å²) >= 11 is 1.38. The molecule has 0 bridgehead atoms. The normalized spacial score (nSPS) is 12.5. The molecule has 2 aromatic heterocycles. The number of carbonyl (C=O) groups is 2. The Hall–Kier alpha value is -2.09. The average Bonchev–Trinajstić information content (AvgIpc) is 3.18. The summed E-state index contributed by atoms with van der Waals surface area (Å²) in [6.07, 6.45) is 7.70. The topological polar surface area (TPSA) is 92.7 Å². The van der Waals surface area contributed by atoms with Crippen LogP contribution in [0.25, 0.3) is 11.3 Å². The molecule has 1 aliphatic carbocycles. The number of nitrogens with zero attached hydrogens (tertiary/aromatic N) is 3. The Morgan fingerprint density at radius 2 is 2.08 bits per heavy atom. The van der Waals surface area contributed by atoms with Gasteiger partial charge in [0.2, 0.25) is 0 Å². The molecule has 0 aromatic carbocycles. The molecule has 0 aliphatic heterocycles. The number of carbonyl (C=O) groups excluding carboxylic acids is 2. The van der Waals surface area contributed by atoms with Gasteiger partial charge in [-0.05, 0) is 25.7 Å². The number of amides is 1. The van der Waals surface area contributed by atoms with Gasteiger partial charge in [-0.15, -0.1) is 0 Å². The van der Waals surface area contributed by atoms with Gasteiger partial charge in [0.15, 0.2) is 10.8 Å². The first kappa shape index (κ1) is 18.7. The zero-order valence-electron chi connectivity index (χ0n) is 15.3. The number of hydrogen-bond acceptors (Lipinski definition) is 5. The fraction of sp³-hybridized carbons (Fsp3) is 0.556. The minimum atomic E-state index is -0.109. The third-order valence-electron chi connectivity index (χ3n) is 4.53. The summed E-state index contributed by atoms with van der Waals surface area (Å²) in [5.74, 6) is 0.777. The fourth-order valence-electron chi connectivity index (χ4n) is 3.27. The van der Waals surface area contributed by atoms with Crippen molar-refractivity contribution in [1.82, 2.24) is 25.3 Å². The molecule has 3 rings (SSSR count). The van der Waals surface area contributed by atoms with Crippen molar-refractivity contribution in [3.8, 4) is 11.3 Å². The van der Waals surface area contributed by atoms with Gasteiger partial charge in [-0.2, -0.15) is 10.2 Å². The second-order valence-electron chi connectivity index (χ2n) is 6.60. The van der Waals surface area contributed by atoms with Gasteiger partial charge in [0, 0.05) is 43.6 Å². The molecule has 0 spiro atoms.